The number of rotatable bonds is 5. The molecule has 0 spiro atoms. The van der Waals surface area contributed by atoms with Crippen LogP contribution in [0.5, 0.6) is 0 Å². The Morgan fingerprint density at radius 1 is 1.50 bits per heavy atom. The SMILES string of the molecule is CC(C)CN(Cc1ncccc1N)C1CC1. The molecule has 2 N–H and O–H groups in total. The summed E-state index contributed by atoms with van der Waals surface area (Å²) in [7, 11) is 0. The summed E-state index contributed by atoms with van der Waals surface area (Å²) in [6, 6.07) is 4.59. The standard InChI is InChI=1S/C13H21N3/c1-10(2)8-16(11-5-6-11)9-13-12(14)4-3-7-15-13/h3-4,7,10-11H,5-6,8-9,14H2,1-2H3. The number of anilines is 1. The third-order valence-corrected chi connectivity index (χ3v) is 2.94. The first-order valence-electron chi connectivity index (χ1n) is 6.10. The third kappa shape index (κ3) is 2.95. The molecule has 1 heterocycles. The number of nitrogens with zero attached hydrogens (tertiary/aromatic N) is 2. The maximum Gasteiger partial charge on any atom is 0.0772 e. The molecule has 0 bridgehead atoms. The van der Waals surface area contributed by atoms with Crippen LogP contribution in [0.15, 0.2) is 18.3 Å². The van der Waals surface area contributed by atoms with E-state index in [1.165, 1.54) is 12.8 Å². The number of aromatic nitrogens is 1. The fraction of sp³-hybridized carbons (Fsp3) is 0.615. The predicted octanol–water partition coefficient (Wildman–Crippen LogP) is 2.28. The Labute approximate surface area is 97.7 Å². The zero-order chi connectivity index (χ0) is 11.5. The molecule has 0 aliphatic heterocycles. The van der Waals surface area contributed by atoms with Crippen molar-refractivity contribution in [1.29, 1.82) is 0 Å². The Kier molecular flexibility index (Phi) is 3.44. The van der Waals surface area contributed by atoms with E-state index in [0.717, 1.165) is 30.5 Å². The van der Waals surface area contributed by atoms with Gasteiger partial charge in [0.2, 0.25) is 0 Å². The second kappa shape index (κ2) is 4.83. The van der Waals surface area contributed by atoms with E-state index in [-0.39, 0.29) is 0 Å². The first-order chi connectivity index (χ1) is 7.66. The highest BCUT2D eigenvalue weighted by atomic mass is 15.2. The second-order valence-electron chi connectivity index (χ2n) is 5.09. The predicted molar refractivity (Wildman–Crippen MR) is 66.9 cm³/mol. The zero-order valence-electron chi connectivity index (χ0n) is 10.2. The summed E-state index contributed by atoms with van der Waals surface area (Å²) in [4.78, 5) is 6.89. The van der Waals surface area contributed by atoms with E-state index in [9.17, 15) is 0 Å². The van der Waals surface area contributed by atoms with Gasteiger partial charge in [0, 0.05) is 25.3 Å². The Morgan fingerprint density at radius 2 is 2.25 bits per heavy atom. The lowest BCUT2D eigenvalue weighted by Gasteiger charge is -2.24. The normalized spacial score (nSPS) is 16.0. The first kappa shape index (κ1) is 11.4. The molecule has 88 valence electrons. The Balaban J connectivity index is 2.02. The number of pyridine rings is 1. The smallest absolute Gasteiger partial charge is 0.0772 e. The molecule has 1 aliphatic rings. The van der Waals surface area contributed by atoms with E-state index in [0.29, 0.717) is 5.92 Å². The van der Waals surface area contributed by atoms with Crippen LogP contribution in [-0.4, -0.2) is 22.5 Å². The van der Waals surface area contributed by atoms with E-state index in [1.54, 1.807) is 0 Å². The molecule has 3 nitrogen and oxygen atoms in total. The van der Waals surface area contributed by atoms with Crippen LogP contribution in [0.4, 0.5) is 5.69 Å². The van der Waals surface area contributed by atoms with E-state index in [1.807, 2.05) is 18.3 Å². The van der Waals surface area contributed by atoms with Crippen molar-refractivity contribution >= 4 is 5.69 Å². The summed E-state index contributed by atoms with van der Waals surface area (Å²) in [6.07, 6.45) is 4.49. The number of nitrogens with two attached hydrogens (primary N) is 1. The molecule has 1 aromatic rings. The Bertz CT molecular complexity index is 345. The van der Waals surface area contributed by atoms with Crippen LogP contribution >= 0.6 is 0 Å². The van der Waals surface area contributed by atoms with Crippen molar-refractivity contribution in [2.45, 2.75) is 39.3 Å². The molecule has 0 saturated heterocycles. The minimum Gasteiger partial charge on any atom is -0.397 e. The number of hydrogen-bond acceptors (Lipinski definition) is 3. The van der Waals surface area contributed by atoms with Crippen LogP contribution in [0, 0.1) is 5.92 Å². The highest BCUT2D eigenvalue weighted by Crippen LogP contribution is 2.29. The van der Waals surface area contributed by atoms with Gasteiger partial charge in [-0.25, -0.2) is 0 Å². The minimum atomic E-state index is 0.700. The van der Waals surface area contributed by atoms with Crippen LogP contribution in [-0.2, 0) is 6.54 Å². The van der Waals surface area contributed by atoms with Gasteiger partial charge in [-0.1, -0.05) is 13.8 Å². The van der Waals surface area contributed by atoms with Crippen molar-refractivity contribution in [2.24, 2.45) is 5.92 Å². The van der Waals surface area contributed by atoms with Crippen molar-refractivity contribution in [2.75, 3.05) is 12.3 Å². The van der Waals surface area contributed by atoms with Crippen molar-refractivity contribution in [3.8, 4) is 0 Å². The quantitative estimate of drug-likeness (QED) is 0.826. The topological polar surface area (TPSA) is 42.2 Å². The van der Waals surface area contributed by atoms with Crippen molar-refractivity contribution in [1.82, 2.24) is 9.88 Å². The van der Waals surface area contributed by atoms with Gasteiger partial charge in [0.15, 0.2) is 0 Å². The highest BCUT2D eigenvalue weighted by molar-refractivity contribution is 5.41. The molecule has 1 saturated carbocycles. The average Bonchev–Trinajstić information content (AvgIpc) is 3.03. The fourth-order valence-electron chi connectivity index (χ4n) is 2.03. The first-order valence-corrected chi connectivity index (χ1v) is 6.10. The minimum absolute atomic E-state index is 0.700. The van der Waals surface area contributed by atoms with Gasteiger partial charge < -0.3 is 5.73 Å². The van der Waals surface area contributed by atoms with Crippen molar-refractivity contribution < 1.29 is 0 Å². The van der Waals surface area contributed by atoms with Gasteiger partial charge in [-0.15, -0.1) is 0 Å². The molecule has 2 rings (SSSR count). The van der Waals surface area contributed by atoms with Gasteiger partial charge in [-0.05, 0) is 30.9 Å². The molecular formula is C13H21N3. The van der Waals surface area contributed by atoms with E-state index >= 15 is 0 Å². The van der Waals surface area contributed by atoms with E-state index in [4.69, 9.17) is 5.73 Å². The largest absolute Gasteiger partial charge is 0.397 e. The van der Waals surface area contributed by atoms with Crippen LogP contribution < -0.4 is 5.73 Å². The summed E-state index contributed by atoms with van der Waals surface area (Å²) in [5.41, 5.74) is 7.77. The zero-order valence-corrected chi connectivity index (χ0v) is 10.2. The van der Waals surface area contributed by atoms with Crippen LogP contribution in [0.1, 0.15) is 32.4 Å². The fourth-order valence-corrected chi connectivity index (χ4v) is 2.03. The maximum absolute atomic E-state index is 5.93. The summed E-state index contributed by atoms with van der Waals surface area (Å²) in [5.74, 6) is 0.700. The molecule has 0 unspecified atom stereocenters. The summed E-state index contributed by atoms with van der Waals surface area (Å²) >= 11 is 0. The molecule has 1 aromatic heterocycles. The lowest BCUT2D eigenvalue weighted by atomic mass is 10.2. The summed E-state index contributed by atoms with van der Waals surface area (Å²) < 4.78 is 0. The van der Waals surface area contributed by atoms with Crippen LogP contribution in [0.3, 0.4) is 0 Å². The van der Waals surface area contributed by atoms with Crippen LogP contribution in [0.25, 0.3) is 0 Å². The molecule has 0 atom stereocenters. The molecule has 0 radical (unpaired) electrons. The lowest BCUT2D eigenvalue weighted by molar-refractivity contribution is 0.224. The van der Waals surface area contributed by atoms with Gasteiger partial charge in [-0.2, -0.15) is 0 Å². The molecule has 3 heteroatoms. The average molecular weight is 219 g/mol. The van der Waals surface area contributed by atoms with Gasteiger partial charge in [0.25, 0.3) is 0 Å². The van der Waals surface area contributed by atoms with Crippen molar-refractivity contribution in [3.05, 3.63) is 24.0 Å². The Morgan fingerprint density at radius 3 is 2.81 bits per heavy atom. The molecule has 1 aliphatic carbocycles. The van der Waals surface area contributed by atoms with E-state index < -0.39 is 0 Å². The molecule has 1 fully saturated rings. The van der Waals surface area contributed by atoms with E-state index in [2.05, 4.69) is 23.7 Å². The molecule has 16 heavy (non-hydrogen) atoms. The summed E-state index contributed by atoms with van der Waals surface area (Å²) in [5, 5.41) is 0. The monoisotopic (exact) mass is 219 g/mol. The third-order valence-electron chi connectivity index (χ3n) is 2.94. The van der Waals surface area contributed by atoms with Gasteiger partial charge in [0.05, 0.1) is 11.4 Å². The highest BCUT2D eigenvalue weighted by Gasteiger charge is 2.29. The molecule has 0 amide bonds. The Hall–Kier alpha value is -1.09. The van der Waals surface area contributed by atoms with Crippen molar-refractivity contribution in [3.63, 3.8) is 0 Å². The molecule has 0 aromatic carbocycles. The summed E-state index contributed by atoms with van der Waals surface area (Å²) in [6.45, 7) is 6.56. The van der Waals surface area contributed by atoms with Gasteiger partial charge in [-0.3, -0.25) is 9.88 Å². The number of hydrogen-bond donors (Lipinski definition) is 1. The molecular weight excluding hydrogens is 198 g/mol. The second-order valence-corrected chi connectivity index (χ2v) is 5.09. The van der Waals surface area contributed by atoms with Gasteiger partial charge in [0.1, 0.15) is 0 Å². The maximum atomic E-state index is 5.93. The lowest BCUT2D eigenvalue weighted by Crippen LogP contribution is -2.30. The van der Waals surface area contributed by atoms with Crippen LogP contribution in [0.2, 0.25) is 0 Å². The van der Waals surface area contributed by atoms with Gasteiger partial charge >= 0.3 is 0 Å². The number of nitrogen functional groups attached to an aromatic ring is 1.